The smallest absolute Gasteiger partial charge is 0.297 e. The molecule has 0 saturated carbocycles. The maximum Gasteiger partial charge on any atom is 0.297 e. The van der Waals surface area contributed by atoms with Crippen molar-refractivity contribution >= 4 is 6.01 Å². The van der Waals surface area contributed by atoms with Gasteiger partial charge in [0, 0.05) is 19.6 Å². The summed E-state index contributed by atoms with van der Waals surface area (Å²) in [4.78, 5) is 8.81. The van der Waals surface area contributed by atoms with E-state index in [9.17, 15) is 0 Å². The lowest BCUT2D eigenvalue weighted by Crippen LogP contribution is -2.27. The molecule has 0 atom stereocenters. The SMILES string of the molecule is CCN(CCCN(C)C)c1nc(CNC)co1. The molecule has 1 N–H and O–H groups in total. The van der Waals surface area contributed by atoms with E-state index in [0.717, 1.165) is 44.3 Å². The van der Waals surface area contributed by atoms with Gasteiger partial charge in [-0.1, -0.05) is 0 Å². The predicted octanol–water partition coefficient (Wildman–Crippen LogP) is 1.17. The fourth-order valence-electron chi connectivity index (χ4n) is 1.67. The summed E-state index contributed by atoms with van der Waals surface area (Å²) in [6, 6.07) is 0.733. The molecule has 0 aliphatic carbocycles. The summed E-state index contributed by atoms with van der Waals surface area (Å²) < 4.78 is 5.49. The first kappa shape index (κ1) is 14.0. The van der Waals surface area contributed by atoms with E-state index in [0.29, 0.717) is 0 Å². The second kappa shape index (κ2) is 7.29. The van der Waals surface area contributed by atoms with Gasteiger partial charge in [-0.25, -0.2) is 0 Å². The van der Waals surface area contributed by atoms with Crippen LogP contribution in [-0.4, -0.2) is 50.7 Å². The monoisotopic (exact) mass is 240 g/mol. The van der Waals surface area contributed by atoms with Crippen LogP contribution in [0.2, 0.25) is 0 Å². The van der Waals surface area contributed by atoms with Gasteiger partial charge in [-0.3, -0.25) is 0 Å². The number of rotatable bonds is 8. The molecule has 0 fully saturated rings. The van der Waals surface area contributed by atoms with Crippen LogP contribution in [0.4, 0.5) is 6.01 Å². The average Bonchev–Trinajstić information content (AvgIpc) is 2.73. The van der Waals surface area contributed by atoms with E-state index >= 15 is 0 Å². The number of oxazole rings is 1. The van der Waals surface area contributed by atoms with Crippen LogP contribution >= 0.6 is 0 Å². The molecule has 0 unspecified atom stereocenters. The third-order valence-electron chi connectivity index (χ3n) is 2.58. The summed E-state index contributed by atoms with van der Waals surface area (Å²) >= 11 is 0. The summed E-state index contributed by atoms with van der Waals surface area (Å²) in [6.45, 7) is 5.86. The Labute approximate surface area is 104 Å². The van der Waals surface area contributed by atoms with Gasteiger partial charge in [0.25, 0.3) is 6.01 Å². The van der Waals surface area contributed by atoms with Crippen LogP contribution in [0.5, 0.6) is 0 Å². The van der Waals surface area contributed by atoms with Crippen LogP contribution in [-0.2, 0) is 6.54 Å². The van der Waals surface area contributed by atoms with Crippen LogP contribution in [0.15, 0.2) is 10.7 Å². The van der Waals surface area contributed by atoms with E-state index in [1.165, 1.54) is 0 Å². The van der Waals surface area contributed by atoms with Crippen LogP contribution < -0.4 is 10.2 Å². The molecule has 1 heterocycles. The Morgan fingerprint density at radius 2 is 2.12 bits per heavy atom. The van der Waals surface area contributed by atoms with Gasteiger partial charge < -0.3 is 19.5 Å². The predicted molar refractivity (Wildman–Crippen MR) is 70.3 cm³/mol. The summed E-state index contributed by atoms with van der Waals surface area (Å²) in [5, 5.41) is 3.06. The Balaban J connectivity index is 2.47. The van der Waals surface area contributed by atoms with Crippen molar-refractivity contribution in [3.8, 4) is 0 Å². The first-order valence-electron chi connectivity index (χ1n) is 6.16. The maximum atomic E-state index is 5.49. The van der Waals surface area contributed by atoms with Crippen LogP contribution in [0, 0.1) is 0 Å². The van der Waals surface area contributed by atoms with Crippen molar-refractivity contribution in [2.75, 3.05) is 45.7 Å². The summed E-state index contributed by atoms with van der Waals surface area (Å²) in [5.41, 5.74) is 0.952. The number of nitrogens with one attached hydrogen (secondary N) is 1. The molecule has 17 heavy (non-hydrogen) atoms. The Morgan fingerprint density at radius 1 is 1.35 bits per heavy atom. The molecule has 0 amide bonds. The van der Waals surface area contributed by atoms with Crippen molar-refractivity contribution in [1.82, 2.24) is 15.2 Å². The Bertz CT molecular complexity index is 311. The van der Waals surface area contributed by atoms with Gasteiger partial charge in [-0.2, -0.15) is 4.98 Å². The molecule has 1 aromatic heterocycles. The molecule has 0 aliphatic rings. The largest absolute Gasteiger partial charge is 0.432 e. The second-order valence-corrected chi connectivity index (χ2v) is 4.39. The van der Waals surface area contributed by atoms with Gasteiger partial charge in [0.2, 0.25) is 0 Å². The van der Waals surface area contributed by atoms with Gasteiger partial charge in [-0.05, 0) is 41.0 Å². The fourth-order valence-corrected chi connectivity index (χ4v) is 1.67. The molecule has 0 aliphatic heterocycles. The first-order chi connectivity index (χ1) is 8.17. The van der Waals surface area contributed by atoms with E-state index in [1.807, 2.05) is 7.05 Å². The van der Waals surface area contributed by atoms with E-state index in [-0.39, 0.29) is 0 Å². The maximum absolute atomic E-state index is 5.49. The highest BCUT2D eigenvalue weighted by molar-refractivity contribution is 5.26. The lowest BCUT2D eigenvalue weighted by atomic mass is 10.3. The summed E-state index contributed by atoms with van der Waals surface area (Å²) in [7, 11) is 6.09. The van der Waals surface area contributed by atoms with Gasteiger partial charge in [0.15, 0.2) is 0 Å². The van der Waals surface area contributed by atoms with Crippen molar-refractivity contribution in [1.29, 1.82) is 0 Å². The highest BCUT2D eigenvalue weighted by Crippen LogP contribution is 2.13. The standard InChI is InChI=1S/C12H24N4O/c1-5-16(8-6-7-15(3)4)12-14-11(9-13-2)10-17-12/h10,13H,5-9H2,1-4H3. The van der Waals surface area contributed by atoms with E-state index in [4.69, 9.17) is 4.42 Å². The Hall–Kier alpha value is -1.07. The van der Waals surface area contributed by atoms with E-state index < -0.39 is 0 Å². The van der Waals surface area contributed by atoms with E-state index in [2.05, 4.69) is 41.1 Å². The third-order valence-corrected chi connectivity index (χ3v) is 2.58. The minimum Gasteiger partial charge on any atom is -0.432 e. The molecule has 5 heteroatoms. The molecular weight excluding hydrogens is 216 g/mol. The minimum atomic E-state index is 0.733. The van der Waals surface area contributed by atoms with Gasteiger partial charge in [0.1, 0.15) is 6.26 Å². The van der Waals surface area contributed by atoms with E-state index in [1.54, 1.807) is 6.26 Å². The van der Waals surface area contributed by atoms with Crippen LogP contribution in [0.25, 0.3) is 0 Å². The van der Waals surface area contributed by atoms with Gasteiger partial charge >= 0.3 is 0 Å². The van der Waals surface area contributed by atoms with Crippen molar-refractivity contribution in [3.63, 3.8) is 0 Å². The topological polar surface area (TPSA) is 44.5 Å². The number of nitrogens with zero attached hydrogens (tertiary/aromatic N) is 3. The van der Waals surface area contributed by atoms with Crippen molar-refractivity contribution < 1.29 is 4.42 Å². The molecule has 0 saturated heterocycles. The molecule has 5 nitrogen and oxygen atoms in total. The average molecular weight is 240 g/mol. The lowest BCUT2D eigenvalue weighted by Gasteiger charge is -2.19. The number of anilines is 1. The molecule has 0 radical (unpaired) electrons. The van der Waals surface area contributed by atoms with Gasteiger partial charge in [-0.15, -0.1) is 0 Å². The number of aromatic nitrogens is 1. The molecule has 98 valence electrons. The van der Waals surface area contributed by atoms with Gasteiger partial charge in [0.05, 0.1) is 5.69 Å². The van der Waals surface area contributed by atoms with Crippen LogP contribution in [0.1, 0.15) is 19.0 Å². The zero-order chi connectivity index (χ0) is 12.7. The summed E-state index contributed by atoms with van der Waals surface area (Å²) in [5.74, 6) is 0. The normalized spacial score (nSPS) is 11.1. The number of hydrogen-bond acceptors (Lipinski definition) is 5. The highest BCUT2D eigenvalue weighted by atomic mass is 16.4. The third kappa shape index (κ3) is 4.75. The Kier molecular flexibility index (Phi) is 6.00. The lowest BCUT2D eigenvalue weighted by molar-refractivity contribution is 0.397. The molecule has 0 spiro atoms. The van der Waals surface area contributed by atoms with Crippen molar-refractivity contribution in [3.05, 3.63) is 12.0 Å². The second-order valence-electron chi connectivity index (χ2n) is 4.39. The van der Waals surface area contributed by atoms with Crippen molar-refractivity contribution in [2.24, 2.45) is 0 Å². The van der Waals surface area contributed by atoms with Crippen LogP contribution in [0.3, 0.4) is 0 Å². The zero-order valence-corrected chi connectivity index (χ0v) is 11.4. The molecule has 1 aromatic rings. The minimum absolute atomic E-state index is 0.733. The van der Waals surface area contributed by atoms with Crippen molar-refractivity contribution in [2.45, 2.75) is 19.9 Å². The summed E-state index contributed by atoms with van der Waals surface area (Å²) in [6.07, 6.45) is 2.84. The molecular formula is C12H24N4O. The first-order valence-corrected chi connectivity index (χ1v) is 6.16. The highest BCUT2D eigenvalue weighted by Gasteiger charge is 2.10. The molecule has 1 rings (SSSR count). The fraction of sp³-hybridized carbons (Fsp3) is 0.750. The quantitative estimate of drug-likeness (QED) is 0.739. The molecule has 0 bridgehead atoms. The molecule has 0 aromatic carbocycles. The number of hydrogen-bond donors (Lipinski definition) is 1. The Morgan fingerprint density at radius 3 is 2.71 bits per heavy atom. The zero-order valence-electron chi connectivity index (χ0n) is 11.4.